The van der Waals surface area contributed by atoms with E-state index in [2.05, 4.69) is 57.8 Å². The summed E-state index contributed by atoms with van der Waals surface area (Å²) in [5.41, 5.74) is 2.19. The monoisotopic (exact) mass is 542 g/mol. The molecule has 7 heteroatoms. The van der Waals surface area contributed by atoms with Crippen molar-refractivity contribution in [2.24, 2.45) is 4.99 Å². The van der Waals surface area contributed by atoms with E-state index in [1.54, 1.807) is 12.1 Å². The molecule has 30 heavy (non-hydrogen) atoms. The highest BCUT2D eigenvalue weighted by Crippen LogP contribution is 2.17. The van der Waals surface area contributed by atoms with Crippen molar-refractivity contribution < 1.29 is 5.11 Å². The van der Waals surface area contributed by atoms with Crippen LogP contribution in [-0.2, 0) is 6.54 Å². The number of aliphatic imine (C=N–C) groups is 1. The summed E-state index contributed by atoms with van der Waals surface area (Å²) in [5.74, 6) is 0.766. The molecule has 0 bridgehead atoms. The summed E-state index contributed by atoms with van der Waals surface area (Å²) in [4.78, 5) is 7.09. The second kappa shape index (κ2) is 13.1. The third-order valence-corrected chi connectivity index (χ3v) is 5.45. The van der Waals surface area contributed by atoms with Crippen molar-refractivity contribution in [2.45, 2.75) is 38.5 Å². The van der Waals surface area contributed by atoms with Gasteiger partial charge in [0, 0.05) is 37.2 Å². The van der Waals surface area contributed by atoms with Gasteiger partial charge in [-0.05, 0) is 43.0 Å². The van der Waals surface area contributed by atoms with E-state index in [0.29, 0.717) is 17.6 Å². The molecular weight excluding hydrogens is 511 g/mol. The van der Waals surface area contributed by atoms with Gasteiger partial charge < -0.3 is 15.7 Å². The second-order valence-electron chi connectivity index (χ2n) is 7.47. The minimum atomic E-state index is -0.643. The second-order valence-corrected chi connectivity index (χ2v) is 7.90. The van der Waals surface area contributed by atoms with Gasteiger partial charge in [0.2, 0.25) is 0 Å². The van der Waals surface area contributed by atoms with E-state index in [9.17, 15) is 5.11 Å². The number of aliphatic hydroxyl groups is 1. The zero-order valence-corrected chi connectivity index (χ0v) is 20.5. The van der Waals surface area contributed by atoms with Gasteiger partial charge in [-0.3, -0.25) is 9.89 Å². The Hall–Kier alpha value is -1.35. The maximum Gasteiger partial charge on any atom is 0.191 e. The third-order valence-electron chi connectivity index (χ3n) is 5.20. The number of aliphatic hydroxyl groups excluding tert-OH is 1. The van der Waals surface area contributed by atoms with E-state index in [1.165, 1.54) is 5.56 Å². The lowest BCUT2D eigenvalue weighted by Crippen LogP contribution is -2.48. The predicted octanol–water partition coefficient (Wildman–Crippen LogP) is 4.21. The first kappa shape index (κ1) is 24.9. The molecule has 1 aliphatic heterocycles. The highest BCUT2D eigenvalue weighted by atomic mass is 127. The fourth-order valence-electron chi connectivity index (χ4n) is 3.56. The van der Waals surface area contributed by atoms with Gasteiger partial charge in [0.1, 0.15) is 0 Å². The molecule has 0 aliphatic carbocycles. The van der Waals surface area contributed by atoms with Crippen LogP contribution in [0.5, 0.6) is 0 Å². The van der Waals surface area contributed by atoms with Crippen LogP contribution in [0.2, 0.25) is 5.02 Å². The molecule has 5 nitrogen and oxygen atoms in total. The van der Waals surface area contributed by atoms with Gasteiger partial charge in [-0.2, -0.15) is 0 Å². The summed E-state index contributed by atoms with van der Waals surface area (Å²) in [6.07, 6.45) is 1.52. The van der Waals surface area contributed by atoms with E-state index in [0.717, 1.165) is 50.5 Å². The SMILES string of the molecule is CCNC(=NCC(O)c1ccc(Cl)cc1)NC1CCN(Cc2ccccc2)CC1.I. The molecule has 0 amide bonds. The number of benzene rings is 2. The molecule has 2 aromatic rings. The quantitative estimate of drug-likeness (QED) is 0.279. The Kier molecular flexibility index (Phi) is 10.9. The van der Waals surface area contributed by atoms with E-state index in [4.69, 9.17) is 11.6 Å². The zero-order chi connectivity index (χ0) is 20.5. The molecule has 0 saturated carbocycles. The van der Waals surface area contributed by atoms with Gasteiger partial charge in [0.25, 0.3) is 0 Å². The molecule has 3 N–H and O–H groups in total. The van der Waals surface area contributed by atoms with Crippen molar-refractivity contribution in [1.29, 1.82) is 0 Å². The van der Waals surface area contributed by atoms with Crippen LogP contribution in [0.3, 0.4) is 0 Å². The topological polar surface area (TPSA) is 59.9 Å². The lowest BCUT2D eigenvalue weighted by atomic mass is 10.0. The van der Waals surface area contributed by atoms with Crippen molar-refractivity contribution in [2.75, 3.05) is 26.2 Å². The number of halogens is 2. The van der Waals surface area contributed by atoms with Gasteiger partial charge in [-0.15, -0.1) is 24.0 Å². The number of guanidine groups is 1. The lowest BCUT2D eigenvalue weighted by molar-refractivity contribution is 0.186. The van der Waals surface area contributed by atoms with Crippen molar-refractivity contribution in [3.05, 3.63) is 70.7 Å². The zero-order valence-electron chi connectivity index (χ0n) is 17.4. The van der Waals surface area contributed by atoms with E-state index in [-0.39, 0.29) is 24.0 Å². The van der Waals surface area contributed by atoms with Crippen molar-refractivity contribution in [3.63, 3.8) is 0 Å². The smallest absolute Gasteiger partial charge is 0.191 e. The summed E-state index contributed by atoms with van der Waals surface area (Å²) < 4.78 is 0. The molecule has 2 aromatic carbocycles. The predicted molar refractivity (Wildman–Crippen MR) is 136 cm³/mol. The molecule has 1 atom stereocenters. The number of nitrogens with one attached hydrogen (secondary N) is 2. The summed E-state index contributed by atoms with van der Waals surface area (Å²) in [7, 11) is 0. The van der Waals surface area contributed by atoms with Crippen LogP contribution in [0.4, 0.5) is 0 Å². The Labute approximate surface area is 201 Å². The van der Waals surface area contributed by atoms with Gasteiger partial charge in [0.05, 0.1) is 12.6 Å². The molecule has 3 rings (SSSR count). The Bertz CT molecular complexity index is 765. The summed E-state index contributed by atoms with van der Waals surface area (Å²) in [6, 6.07) is 18.3. The summed E-state index contributed by atoms with van der Waals surface area (Å²) >= 11 is 5.92. The van der Waals surface area contributed by atoms with Crippen LogP contribution in [0, 0.1) is 0 Å². The number of rotatable bonds is 7. The van der Waals surface area contributed by atoms with Gasteiger partial charge in [-0.25, -0.2) is 0 Å². The first-order chi connectivity index (χ1) is 14.1. The molecule has 1 heterocycles. The highest BCUT2D eigenvalue weighted by Gasteiger charge is 2.20. The standard InChI is InChI=1S/C23H31ClN4O.HI/c1-2-25-23(26-16-22(29)19-8-10-20(24)11-9-19)27-21-12-14-28(15-13-21)17-18-6-4-3-5-7-18;/h3-11,21-22,29H,2,12-17H2,1H3,(H2,25,26,27);1H. The van der Waals surface area contributed by atoms with Gasteiger partial charge in [-0.1, -0.05) is 54.1 Å². The number of piperidine rings is 1. The molecule has 0 aromatic heterocycles. The maximum atomic E-state index is 10.4. The number of hydrogen-bond donors (Lipinski definition) is 3. The first-order valence-corrected chi connectivity index (χ1v) is 10.8. The fraction of sp³-hybridized carbons (Fsp3) is 0.435. The minimum Gasteiger partial charge on any atom is -0.386 e. The van der Waals surface area contributed by atoms with E-state index in [1.807, 2.05) is 12.1 Å². The minimum absolute atomic E-state index is 0. The molecule has 1 saturated heterocycles. The Morgan fingerprint density at radius 1 is 1.13 bits per heavy atom. The van der Waals surface area contributed by atoms with Crippen molar-refractivity contribution in [1.82, 2.24) is 15.5 Å². The van der Waals surface area contributed by atoms with Gasteiger partial charge in [0.15, 0.2) is 5.96 Å². The van der Waals surface area contributed by atoms with Crippen molar-refractivity contribution in [3.8, 4) is 0 Å². The number of likely N-dealkylation sites (tertiary alicyclic amines) is 1. The number of hydrogen-bond acceptors (Lipinski definition) is 3. The summed E-state index contributed by atoms with van der Waals surface area (Å²) in [5, 5.41) is 17.9. The fourth-order valence-corrected chi connectivity index (χ4v) is 3.68. The Balaban J connectivity index is 0.00000320. The van der Waals surface area contributed by atoms with Crippen LogP contribution in [-0.4, -0.2) is 48.2 Å². The molecule has 0 spiro atoms. The third kappa shape index (κ3) is 8.06. The average molecular weight is 543 g/mol. The van der Waals surface area contributed by atoms with Crippen LogP contribution >= 0.6 is 35.6 Å². The van der Waals surface area contributed by atoms with Crippen LogP contribution in [0.1, 0.15) is 37.0 Å². The Morgan fingerprint density at radius 3 is 2.43 bits per heavy atom. The van der Waals surface area contributed by atoms with Gasteiger partial charge >= 0.3 is 0 Å². The molecule has 164 valence electrons. The van der Waals surface area contributed by atoms with Crippen molar-refractivity contribution >= 4 is 41.5 Å². The largest absolute Gasteiger partial charge is 0.386 e. The van der Waals surface area contributed by atoms with E-state index >= 15 is 0 Å². The average Bonchev–Trinajstić information content (AvgIpc) is 2.74. The number of nitrogens with zero attached hydrogens (tertiary/aromatic N) is 2. The molecule has 1 aliphatic rings. The lowest BCUT2D eigenvalue weighted by Gasteiger charge is -2.33. The first-order valence-electron chi connectivity index (χ1n) is 10.4. The van der Waals surface area contributed by atoms with Crippen LogP contribution in [0.15, 0.2) is 59.6 Å². The Morgan fingerprint density at radius 2 is 1.80 bits per heavy atom. The van der Waals surface area contributed by atoms with Crippen LogP contribution < -0.4 is 10.6 Å². The van der Waals surface area contributed by atoms with Crippen LogP contribution in [0.25, 0.3) is 0 Å². The molecular formula is C23H32ClIN4O. The normalized spacial score (nSPS) is 16.6. The summed E-state index contributed by atoms with van der Waals surface area (Å²) in [6.45, 7) is 6.29. The molecule has 1 unspecified atom stereocenters. The maximum absolute atomic E-state index is 10.4. The van der Waals surface area contributed by atoms with E-state index < -0.39 is 6.10 Å². The molecule has 0 radical (unpaired) electrons. The highest BCUT2D eigenvalue weighted by molar-refractivity contribution is 14.0. The molecule has 1 fully saturated rings.